The summed E-state index contributed by atoms with van der Waals surface area (Å²) in [6, 6.07) is 3.10. The molecule has 1 aliphatic heterocycles. The largest absolute Gasteiger partial charge is 0.475 e. The van der Waals surface area contributed by atoms with Crippen LogP contribution in [0.25, 0.3) is 0 Å². The molecule has 0 saturated carbocycles. The summed E-state index contributed by atoms with van der Waals surface area (Å²) in [6.45, 7) is 1.40. The molecule has 1 amide bonds. The molecule has 6 nitrogen and oxygen atoms in total. The number of piperidine rings is 1. The Bertz CT molecular complexity index is 447. The van der Waals surface area contributed by atoms with Crippen molar-refractivity contribution in [2.75, 3.05) is 25.0 Å². The predicted octanol–water partition coefficient (Wildman–Crippen LogP) is 0.940. The second kappa shape index (κ2) is 5.12. The number of carboxylic acids is 1. The molecule has 0 bridgehead atoms. The van der Waals surface area contributed by atoms with Crippen LogP contribution in [0.4, 0.5) is 5.88 Å². The number of carbonyl (C=O) groups is 2. The molecule has 0 unspecified atom stereocenters. The van der Waals surface area contributed by atoms with Crippen LogP contribution in [0.3, 0.4) is 0 Å². The van der Waals surface area contributed by atoms with Gasteiger partial charge in [0.1, 0.15) is 0 Å². The van der Waals surface area contributed by atoms with E-state index in [9.17, 15) is 9.59 Å². The number of hydrogen-bond donors (Lipinski definition) is 2. The molecule has 1 saturated heterocycles. The van der Waals surface area contributed by atoms with Crippen LogP contribution in [0, 0.1) is 5.92 Å². The molecule has 1 aromatic rings. The third-order valence-corrected chi connectivity index (χ3v) is 3.23. The molecule has 1 aromatic heterocycles. The quantitative estimate of drug-likeness (QED) is 0.836. The highest BCUT2D eigenvalue weighted by molar-refractivity contribution is 5.84. The molecule has 0 spiro atoms. The number of amides is 1. The third kappa shape index (κ3) is 2.47. The minimum Gasteiger partial charge on any atom is -0.475 e. The van der Waals surface area contributed by atoms with Crippen LogP contribution >= 0.6 is 0 Å². The Morgan fingerprint density at radius 2 is 2.06 bits per heavy atom. The zero-order chi connectivity index (χ0) is 13.1. The molecular formula is C12H16N2O4. The number of nitrogens with one attached hydrogen (secondary N) is 1. The number of carboxylic acid groups (broad SMARTS) is 1. The smallest absolute Gasteiger partial charge is 0.371 e. The number of aromatic carboxylic acids is 1. The average Bonchev–Trinajstić information content (AvgIpc) is 2.88. The van der Waals surface area contributed by atoms with Gasteiger partial charge in [-0.1, -0.05) is 0 Å². The SMILES string of the molecule is CNC(=O)C1CCN(c2ccc(C(=O)O)o2)CC1. The summed E-state index contributed by atoms with van der Waals surface area (Å²) in [4.78, 5) is 24.1. The molecule has 2 N–H and O–H groups in total. The van der Waals surface area contributed by atoms with E-state index in [-0.39, 0.29) is 17.6 Å². The molecule has 1 aliphatic rings. The van der Waals surface area contributed by atoms with Gasteiger partial charge in [-0.25, -0.2) is 4.79 Å². The Balaban J connectivity index is 1.96. The van der Waals surface area contributed by atoms with Gasteiger partial charge in [-0.2, -0.15) is 0 Å². The van der Waals surface area contributed by atoms with Gasteiger partial charge >= 0.3 is 5.97 Å². The number of carbonyl (C=O) groups excluding carboxylic acids is 1. The Morgan fingerprint density at radius 1 is 1.39 bits per heavy atom. The van der Waals surface area contributed by atoms with E-state index in [0.29, 0.717) is 19.0 Å². The molecule has 2 rings (SSSR count). The van der Waals surface area contributed by atoms with Crippen molar-refractivity contribution in [1.29, 1.82) is 0 Å². The fourth-order valence-electron chi connectivity index (χ4n) is 2.18. The molecule has 18 heavy (non-hydrogen) atoms. The van der Waals surface area contributed by atoms with E-state index in [2.05, 4.69) is 5.32 Å². The lowest BCUT2D eigenvalue weighted by atomic mass is 9.96. The van der Waals surface area contributed by atoms with Crippen LogP contribution < -0.4 is 10.2 Å². The number of nitrogens with zero attached hydrogens (tertiary/aromatic N) is 1. The van der Waals surface area contributed by atoms with Crippen LogP contribution in [-0.4, -0.2) is 37.1 Å². The highest BCUT2D eigenvalue weighted by Gasteiger charge is 2.25. The van der Waals surface area contributed by atoms with Gasteiger partial charge in [0.15, 0.2) is 5.88 Å². The van der Waals surface area contributed by atoms with Crippen molar-refractivity contribution in [3.8, 4) is 0 Å². The zero-order valence-electron chi connectivity index (χ0n) is 10.2. The second-order valence-electron chi connectivity index (χ2n) is 4.32. The first kappa shape index (κ1) is 12.5. The van der Waals surface area contributed by atoms with E-state index < -0.39 is 5.97 Å². The fraction of sp³-hybridized carbons (Fsp3) is 0.500. The summed E-state index contributed by atoms with van der Waals surface area (Å²) < 4.78 is 5.23. The topological polar surface area (TPSA) is 82.8 Å². The summed E-state index contributed by atoms with van der Waals surface area (Å²) in [5, 5.41) is 11.4. The number of furan rings is 1. The standard InChI is InChI=1S/C12H16N2O4/c1-13-11(15)8-4-6-14(7-5-8)10-3-2-9(18-10)12(16)17/h2-3,8H,4-7H2,1H3,(H,13,15)(H,16,17). The normalized spacial score (nSPS) is 16.6. The lowest BCUT2D eigenvalue weighted by Gasteiger charge is -2.30. The van der Waals surface area contributed by atoms with Crippen LogP contribution in [-0.2, 0) is 4.79 Å². The summed E-state index contributed by atoms with van der Waals surface area (Å²) in [5.74, 6) is -0.455. The maximum absolute atomic E-state index is 11.5. The first-order chi connectivity index (χ1) is 8.61. The third-order valence-electron chi connectivity index (χ3n) is 3.23. The maximum Gasteiger partial charge on any atom is 0.371 e. The highest BCUT2D eigenvalue weighted by atomic mass is 16.4. The van der Waals surface area contributed by atoms with Crippen LogP contribution in [0.15, 0.2) is 16.5 Å². The molecule has 0 aromatic carbocycles. The van der Waals surface area contributed by atoms with Crippen molar-refractivity contribution < 1.29 is 19.1 Å². The van der Waals surface area contributed by atoms with E-state index in [4.69, 9.17) is 9.52 Å². The van der Waals surface area contributed by atoms with Gasteiger partial charge in [0.05, 0.1) is 0 Å². The monoisotopic (exact) mass is 252 g/mol. The fourth-order valence-corrected chi connectivity index (χ4v) is 2.18. The van der Waals surface area contributed by atoms with Gasteiger partial charge < -0.3 is 19.7 Å². The Labute approximate surface area is 105 Å². The zero-order valence-corrected chi connectivity index (χ0v) is 10.2. The number of anilines is 1. The first-order valence-corrected chi connectivity index (χ1v) is 5.91. The van der Waals surface area contributed by atoms with Gasteiger partial charge in [0.2, 0.25) is 11.7 Å². The minimum absolute atomic E-state index is 0.0418. The Morgan fingerprint density at radius 3 is 2.56 bits per heavy atom. The van der Waals surface area contributed by atoms with Crippen molar-refractivity contribution in [2.45, 2.75) is 12.8 Å². The van der Waals surface area contributed by atoms with E-state index in [1.807, 2.05) is 4.90 Å². The van der Waals surface area contributed by atoms with E-state index in [1.54, 1.807) is 13.1 Å². The Kier molecular flexibility index (Phi) is 3.55. The maximum atomic E-state index is 11.5. The summed E-state index contributed by atoms with van der Waals surface area (Å²) in [5.41, 5.74) is 0. The van der Waals surface area contributed by atoms with E-state index in [0.717, 1.165) is 12.8 Å². The minimum atomic E-state index is -1.07. The first-order valence-electron chi connectivity index (χ1n) is 5.91. The van der Waals surface area contributed by atoms with Crippen LogP contribution in [0.2, 0.25) is 0 Å². The summed E-state index contributed by atoms with van der Waals surface area (Å²) >= 11 is 0. The van der Waals surface area contributed by atoms with E-state index >= 15 is 0 Å². The highest BCUT2D eigenvalue weighted by Crippen LogP contribution is 2.25. The van der Waals surface area contributed by atoms with Crippen LogP contribution in [0.1, 0.15) is 23.4 Å². The van der Waals surface area contributed by atoms with Crippen molar-refractivity contribution >= 4 is 17.8 Å². The lowest BCUT2D eigenvalue weighted by molar-refractivity contribution is -0.125. The Hall–Kier alpha value is -1.98. The molecule has 6 heteroatoms. The van der Waals surface area contributed by atoms with Crippen molar-refractivity contribution in [3.05, 3.63) is 17.9 Å². The second-order valence-corrected chi connectivity index (χ2v) is 4.32. The van der Waals surface area contributed by atoms with Gasteiger partial charge in [-0.15, -0.1) is 0 Å². The number of hydrogen-bond acceptors (Lipinski definition) is 4. The molecule has 2 heterocycles. The molecule has 0 atom stereocenters. The van der Waals surface area contributed by atoms with Gasteiger partial charge in [-0.05, 0) is 18.9 Å². The van der Waals surface area contributed by atoms with Crippen molar-refractivity contribution in [2.24, 2.45) is 5.92 Å². The van der Waals surface area contributed by atoms with Gasteiger partial charge in [0, 0.05) is 32.1 Å². The predicted molar refractivity (Wildman–Crippen MR) is 64.7 cm³/mol. The average molecular weight is 252 g/mol. The number of rotatable bonds is 3. The molecular weight excluding hydrogens is 236 g/mol. The van der Waals surface area contributed by atoms with Gasteiger partial charge in [-0.3, -0.25) is 4.79 Å². The molecule has 0 aliphatic carbocycles. The lowest BCUT2D eigenvalue weighted by Crippen LogP contribution is -2.39. The van der Waals surface area contributed by atoms with Crippen LogP contribution in [0.5, 0.6) is 0 Å². The van der Waals surface area contributed by atoms with E-state index in [1.165, 1.54) is 6.07 Å². The van der Waals surface area contributed by atoms with Crippen molar-refractivity contribution in [3.63, 3.8) is 0 Å². The van der Waals surface area contributed by atoms with Gasteiger partial charge in [0.25, 0.3) is 0 Å². The summed E-state index contributed by atoms with van der Waals surface area (Å²) in [7, 11) is 1.64. The molecule has 98 valence electrons. The molecule has 1 fully saturated rings. The summed E-state index contributed by atoms with van der Waals surface area (Å²) in [6.07, 6.45) is 1.51. The molecule has 0 radical (unpaired) electrons. The van der Waals surface area contributed by atoms with Crippen molar-refractivity contribution in [1.82, 2.24) is 5.32 Å².